The minimum Gasteiger partial charge on any atom is -0.194 e. The van der Waals surface area contributed by atoms with Gasteiger partial charge >= 0.3 is 0 Å². The van der Waals surface area contributed by atoms with E-state index in [1.165, 1.54) is 16.6 Å². The summed E-state index contributed by atoms with van der Waals surface area (Å²) in [7, 11) is 2.42. The molecule has 5 heteroatoms. The summed E-state index contributed by atoms with van der Waals surface area (Å²) in [6.07, 6.45) is 0. The lowest BCUT2D eigenvalue weighted by Crippen LogP contribution is -2.02. The minimum absolute atomic E-state index is 0.286. The fourth-order valence-corrected chi connectivity index (χ4v) is 9.98. The van der Waals surface area contributed by atoms with Crippen LogP contribution in [0.5, 0.6) is 0 Å². The fraction of sp³-hybridized carbons (Fsp3) is 1.00. The van der Waals surface area contributed by atoms with Crippen molar-refractivity contribution in [3.8, 4) is 0 Å². The van der Waals surface area contributed by atoms with Crippen molar-refractivity contribution < 1.29 is 0 Å². The molecule has 1 aliphatic rings. The summed E-state index contributed by atoms with van der Waals surface area (Å²) >= 11 is 10.6. The Balaban J connectivity index is 2.09. The smallest absolute Gasteiger partial charge is 0.0297 e. The van der Waals surface area contributed by atoms with Gasteiger partial charge in [-0.2, -0.15) is 35.2 Å². The SMILES string of the molecule is SCCS[SH]1CSC(CS)C1. The largest absolute Gasteiger partial charge is 0.194 e. The zero-order valence-electron chi connectivity index (χ0n) is 6.27. The van der Waals surface area contributed by atoms with Crippen LogP contribution in [0.25, 0.3) is 0 Å². The van der Waals surface area contributed by atoms with Crippen molar-refractivity contribution in [2.24, 2.45) is 0 Å². The Bertz CT molecular complexity index is 107. The molecule has 1 fully saturated rings. The first-order valence-corrected chi connectivity index (χ1v) is 9.19. The Morgan fingerprint density at radius 1 is 1.55 bits per heavy atom. The van der Waals surface area contributed by atoms with Crippen molar-refractivity contribution in [1.82, 2.24) is 0 Å². The second-order valence-electron chi connectivity index (χ2n) is 2.32. The van der Waals surface area contributed by atoms with E-state index in [2.05, 4.69) is 47.8 Å². The fourth-order valence-electron chi connectivity index (χ4n) is 0.891. The van der Waals surface area contributed by atoms with Crippen LogP contribution in [0.1, 0.15) is 0 Å². The quantitative estimate of drug-likeness (QED) is 0.515. The average Bonchev–Trinajstić information content (AvgIpc) is 2.48. The molecule has 0 saturated carbocycles. The van der Waals surface area contributed by atoms with E-state index in [0.717, 1.165) is 16.8 Å². The molecular formula is C6H14S5. The molecule has 68 valence electrons. The van der Waals surface area contributed by atoms with Gasteiger partial charge in [0.25, 0.3) is 0 Å². The van der Waals surface area contributed by atoms with Gasteiger partial charge in [0.05, 0.1) is 0 Å². The molecule has 1 saturated heterocycles. The van der Waals surface area contributed by atoms with Crippen LogP contribution >= 0.6 is 57.7 Å². The van der Waals surface area contributed by atoms with Crippen LogP contribution in [-0.4, -0.2) is 33.3 Å². The maximum absolute atomic E-state index is 4.31. The number of thioether (sulfide) groups is 1. The van der Waals surface area contributed by atoms with Crippen LogP contribution in [0.4, 0.5) is 0 Å². The minimum atomic E-state index is 0.286. The Morgan fingerprint density at radius 2 is 2.36 bits per heavy atom. The van der Waals surface area contributed by atoms with E-state index in [4.69, 9.17) is 0 Å². The molecule has 0 N–H and O–H groups in total. The van der Waals surface area contributed by atoms with Gasteiger partial charge in [0.1, 0.15) is 0 Å². The van der Waals surface area contributed by atoms with Gasteiger partial charge in [-0.15, -0.1) is 22.6 Å². The maximum Gasteiger partial charge on any atom is 0.0297 e. The Morgan fingerprint density at radius 3 is 2.91 bits per heavy atom. The van der Waals surface area contributed by atoms with Gasteiger partial charge in [-0.1, -0.05) is 0 Å². The molecule has 2 unspecified atom stereocenters. The third-order valence-corrected chi connectivity index (χ3v) is 10.1. The monoisotopic (exact) mass is 246 g/mol. The predicted molar refractivity (Wildman–Crippen MR) is 70.3 cm³/mol. The lowest BCUT2D eigenvalue weighted by molar-refractivity contribution is 1.17. The second-order valence-corrected chi connectivity index (χ2v) is 9.49. The molecule has 0 aromatic carbocycles. The highest BCUT2D eigenvalue weighted by Gasteiger charge is 2.20. The van der Waals surface area contributed by atoms with Gasteiger partial charge in [-0.05, 0) is 5.75 Å². The summed E-state index contributed by atoms with van der Waals surface area (Å²) in [5.41, 5.74) is 0. The van der Waals surface area contributed by atoms with Crippen molar-refractivity contribution in [1.29, 1.82) is 0 Å². The van der Waals surface area contributed by atoms with Gasteiger partial charge in [-0.25, -0.2) is 0 Å². The van der Waals surface area contributed by atoms with Gasteiger partial charge < -0.3 is 0 Å². The number of hydrogen-bond donors (Lipinski definition) is 3. The van der Waals surface area contributed by atoms with Gasteiger partial charge in [0.15, 0.2) is 0 Å². The lowest BCUT2D eigenvalue weighted by atomic mass is 10.6. The standard InChI is InChI=1S/C6H14S5/c7-1-2-10-11-4-6(3-8)9-5-11/h6-8,11H,1-5H2. The molecule has 0 nitrogen and oxygen atoms in total. The highest BCUT2D eigenvalue weighted by atomic mass is 33.1. The van der Waals surface area contributed by atoms with Crippen LogP contribution < -0.4 is 0 Å². The first-order chi connectivity index (χ1) is 5.36. The summed E-state index contributed by atoms with van der Waals surface area (Å²) in [4.78, 5) is 0. The van der Waals surface area contributed by atoms with Crippen LogP contribution in [0.2, 0.25) is 0 Å². The van der Waals surface area contributed by atoms with E-state index in [9.17, 15) is 0 Å². The zero-order chi connectivity index (χ0) is 8.10. The number of rotatable bonds is 4. The Labute approximate surface area is 90.6 Å². The molecule has 0 bridgehead atoms. The van der Waals surface area contributed by atoms with Crippen molar-refractivity contribution >= 4 is 57.7 Å². The molecular weight excluding hydrogens is 232 g/mol. The molecule has 0 amide bonds. The highest BCUT2D eigenvalue weighted by molar-refractivity contribution is 8.87. The molecule has 11 heavy (non-hydrogen) atoms. The Kier molecular flexibility index (Phi) is 6.14. The summed E-state index contributed by atoms with van der Waals surface area (Å²) in [5.74, 6) is 4.74. The van der Waals surface area contributed by atoms with E-state index in [1.54, 1.807) is 0 Å². The zero-order valence-corrected chi connectivity index (χ0v) is 10.6. The predicted octanol–water partition coefficient (Wildman–Crippen LogP) is 2.57. The summed E-state index contributed by atoms with van der Waals surface area (Å²) < 4.78 is 0. The van der Waals surface area contributed by atoms with E-state index in [-0.39, 0.29) is 9.93 Å². The van der Waals surface area contributed by atoms with Crippen LogP contribution in [-0.2, 0) is 0 Å². The molecule has 1 rings (SSSR count). The van der Waals surface area contributed by atoms with Gasteiger partial charge in [0, 0.05) is 27.6 Å². The van der Waals surface area contributed by atoms with Crippen LogP contribution in [0, 0.1) is 0 Å². The van der Waals surface area contributed by atoms with Crippen LogP contribution in [0.15, 0.2) is 0 Å². The second kappa shape index (κ2) is 6.24. The first kappa shape index (κ1) is 10.8. The summed E-state index contributed by atoms with van der Waals surface area (Å²) in [6.45, 7) is 0. The number of hydrogen-bond acceptors (Lipinski definition) is 4. The van der Waals surface area contributed by atoms with Crippen molar-refractivity contribution in [3.63, 3.8) is 0 Å². The van der Waals surface area contributed by atoms with Crippen molar-refractivity contribution in [2.45, 2.75) is 5.25 Å². The van der Waals surface area contributed by atoms with E-state index in [0.29, 0.717) is 0 Å². The van der Waals surface area contributed by atoms with Crippen molar-refractivity contribution in [2.75, 3.05) is 28.1 Å². The Hall–Kier alpha value is 1.75. The molecule has 0 aromatic rings. The van der Waals surface area contributed by atoms with E-state index in [1.807, 2.05) is 0 Å². The summed E-state index contributed by atoms with van der Waals surface area (Å²) in [6, 6.07) is 0. The molecule has 1 heterocycles. The van der Waals surface area contributed by atoms with Crippen LogP contribution in [0.3, 0.4) is 0 Å². The lowest BCUT2D eigenvalue weighted by Gasteiger charge is -2.11. The molecule has 0 radical (unpaired) electrons. The third kappa shape index (κ3) is 3.98. The molecule has 1 aliphatic heterocycles. The van der Waals surface area contributed by atoms with E-state index >= 15 is 0 Å². The highest BCUT2D eigenvalue weighted by Crippen LogP contribution is 2.51. The van der Waals surface area contributed by atoms with E-state index < -0.39 is 0 Å². The number of thiol groups is 3. The normalized spacial score (nSPS) is 34.4. The van der Waals surface area contributed by atoms with Crippen molar-refractivity contribution in [3.05, 3.63) is 0 Å². The first-order valence-electron chi connectivity index (χ1n) is 3.58. The van der Waals surface area contributed by atoms with Gasteiger partial charge in [0.2, 0.25) is 0 Å². The maximum atomic E-state index is 4.31. The van der Waals surface area contributed by atoms with Gasteiger partial charge in [-0.3, -0.25) is 0 Å². The molecule has 0 aliphatic carbocycles. The molecule has 0 spiro atoms. The topological polar surface area (TPSA) is 0 Å². The third-order valence-electron chi connectivity index (χ3n) is 1.43. The summed E-state index contributed by atoms with van der Waals surface area (Å²) in [5, 5.41) is 2.23. The molecule has 0 aromatic heterocycles. The molecule has 2 atom stereocenters. The average molecular weight is 247 g/mol.